The zero-order chi connectivity index (χ0) is 26.7. The summed E-state index contributed by atoms with van der Waals surface area (Å²) in [5, 5.41) is 0.787. The van der Waals surface area contributed by atoms with Gasteiger partial charge in [0.1, 0.15) is 0 Å². The van der Waals surface area contributed by atoms with Crippen molar-refractivity contribution in [2.75, 3.05) is 6.61 Å². The summed E-state index contributed by atoms with van der Waals surface area (Å²) in [5.41, 5.74) is 1.36. The van der Waals surface area contributed by atoms with Gasteiger partial charge in [0.25, 0.3) is 11.1 Å². The van der Waals surface area contributed by atoms with Crippen LogP contribution >= 0.6 is 62.5 Å². The fourth-order valence-electron chi connectivity index (χ4n) is 3.40. The number of benzene rings is 3. The van der Waals surface area contributed by atoms with Gasteiger partial charge in [-0.05, 0) is 94.8 Å². The summed E-state index contributed by atoms with van der Waals surface area (Å²) in [6.07, 6.45) is 1.57. The van der Waals surface area contributed by atoms with Crippen LogP contribution < -0.4 is 9.47 Å². The van der Waals surface area contributed by atoms with Gasteiger partial charge in [0, 0.05) is 20.6 Å². The lowest BCUT2D eigenvalue weighted by Gasteiger charge is -2.15. The lowest BCUT2D eigenvalue weighted by molar-refractivity contribution is -0.123. The minimum Gasteiger partial charge on any atom is -0.490 e. The maximum absolute atomic E-state index is 13.0. The van der Waals surface area contributed by atoms with E-state index in [0.29, 0.717) is 42.8 Å². The Morgan fingerprint density at radius 2 is 1.73 bits per heavy atom. The lowest BCUT2D eigenvalue weighted by atomic mass is 10.1. The van der Waals surface area contributed by atoms with Crippen molar-refractivity contribution in [1.82, 2.24) is 4.90 Å². The first-order valence-corrected chi connectivity index (χ1v) is 13.5. The Kier molecular flexibility index (Phi) is 8.87. The topological polar surface area (TPSA) is 72.9 Å². The molecule has 0 bridgehead atoms. The van der Waals surface area contributed by atoms with E-state index in [-0.39, 0.29) is 22.9 Å². The summed E-state index contributed by atoms with van der Waals surface area (Å²) < 4.78 is 11.7. The van der Waals surface area contributed by atoms with Gasteiger partial charge in [-0.25, -0.2) is 4.79 Å². The van der Waals surface area contributed by atoms with Gasteiger partial charge < -0.3 is 9.47 Å². The SMILES string of the molecule is CCOc1cc(/C=C2\SC(=O)N(Cc3c(Cl)cccc3Cl)C2=O)cc(Br)c1OC(=O)c1ccc(Cl)cc1. The first kappa shape index (κ1) is 27.5. The second-order valence-corrected chi connectivity index (χ2v) is 10.7. The molecule has 0 saturated carbocycles. The third kappa shape index (κ3) is 6.33. The third-order valence-corrected chi connectivity index (χ3v) is 7.61. The zero-order valence-corrected chi connectivity index (χ0v) is 23.8. The van der Waals surface area contributed by atoms with Crippen LogP contribution in [0.25, 0.3) is 6.08 Å². The molecule has 11 heteroatoms. The number of esters is 1. The number of amides is 2. The van der Waals surface area contributed by atoms with E-state index in [1.54, 1.807) is 67.6 Å². The van der Waals surface area contributed by atoms with Crippen molar-refractivity contribution in [3.8, 4) is 11.5 Å². The number of hydrogen-bond donors (Lipinski definition) is 0. The van der Waals surface area contributed by atoms with Gasteiger partial charge in [0.15, 0.2) is 11.5 Å². The van der Waals surface area contributed by atoms with E-state index in [1.807, 2.05) is 0 Å². The Hall–Kier alpha value is -2.49. The van der Waals surface area contributed by atoms with Crippen molar-refractivity contribution >= 4 is 85.7 Å². The molecule has 0 spiro atoms. The van der Waals surface area contributed by atoms with Crippen molar-refractivity contribution < 1.29 is 23.9 Å². The second kappa shape index (κ2) is 11.9. The van der Waals surface area contributed by atoms with Gasteiger partial charge in [-0.1, -0.05) is 40.9 Å². The Balaban J connectivity index is 1.60. The largest absolute Gasteiger partial charge is 0.490 e. The van der Waals surface area contributed by atoms with Crippen molar-refractivity contribution in [1.29, 1.82) is 0 Å². The van der Waals surface area contributed by atoms with Crippen molar-refractivity contribution in [2.45, 2.75) is 13.5 Å². The number of imide groups is 1. The number of carbonyl (C=O) groups is 3. The molecule has 1 fully saturated rings. The van der Waals surface area contributed by atoms with Crippen molar-refractivity contribution in [3.05, 3.63) is 95.7 Å². The van der Waals surface area contributed by atoms with Gasteiger partial charge in [-0.2, -0.15) is 0 Å². The first-order chi connectivity index (χ1) is 17.7. The number of hydrogen-bond acceptors (Lipinski definition) is 6. The summed E-state index contributed by atoms with van der Waals surface area (Å²) in [6, 6.07) is 14.5. The summed E-state index contributed by atoms with van der Waals surface area (Å²) in [6.45, 7) is 2.04. The molecule has 37 heavy (non-hydrogen) atoms. The summed E-state index contributed by atoms with van der Waals surface area (Å²) in [7, 11) is 0. The van der Waals surface area contributed by atoms with Gasteiger partial charge in [-0.15, -0.1) is 0 Å². The van der Waals surface area contributed by atoms with Gasteiger partial charge in [0.05, 0.1) is 28.1 Å². The summed E-state index contributed by atoms with van der Waals surface area (Å²) in [5.74, 6) is -0.600. The molecule has 0 aliphatic carbocycles. The Labute approximate surface area is 240 Å². The van der Waals surface area contributed by atoms with Crippen LogP contribution in [0.2, 0.25) is 15.1 Å². The van der Waals surface area contributed by atoms with Crippen molar-refractivity contribution in [2.24, 2.45) is 0 Å². The number of ether oxygens (including phenoxy) is 2. The van der Waals surface area contributed by atoms with Crippen LogP contribution in [0.1, 0.15) is 28.4 Å². The number of nitrogens with zero attached hydrogens (tertiary/aromatic N) is 1. The molecule has 2 amide bonds. The Bertz CT molecular complexity index is 1410. The minimum atomic E-state index is -0.592. The standard InChI is InChI=1S/C26H17BrCl3NO5S/c1-2-35-21-11-14(10-18(27)23(21)36-25(33)15-6-8-16(28)9-7-15)12-22-24(32)31(26(34)37-22)13-17-19(29)4-3-5-20(17)30/h3-12H,2,13H2,1H3/b22-12-. The van der Waals surface area contributed by atoms with E-state index in [9.17, 15) is 14.4 Å². The summed E-state index contributed by atoms with van der Waals surface area (Å²) in [4.78, 5) is 39.6. The van der Waals surface area contributed by atoms with E-state index in [0.717, 1.165) is 16.7 Å². The molecule has 0 atom stereocenters. The predicted octanol–water partition coefficient (Wildman–Crippen LogP) is 8.26. The quantitative estimate of drug-likeness (QED) is 0.147. The molecule has 1 aliphatic heterocycles. The highest BCUT2D eigenvalue weighted by Gasteiger charge is 2.36. The molecular weight excluding hydrogens is 625 g/mol. The van der Waals surface area contributed by atoms with E-state index in [1.165, 1.54) is 0 Å². The Morgan fingerprint density at radius 1 is 1.05 bits per heavy atom. The predicted molar refractivity (Wildman–Crippen MR) is 150 cm³/mol. The molecule has 1 aliphatic rings. The Morgan fingerprint density at radius 3 is 2.38 bits per heavy atom. The molecule has 4 rings (SSSR count). The first-order valence-electron chi connectivity index (χ1n) is 10.8. The molecule has 1 saturated heterocycles. The third-order valence-electron chi connectivity index (χ3n) is 5.16. The maximum Gasteiger partial charge on any atom is 0.343 e. The van der Waals surface area contributed by atoms with Crippen LogP contribution in [-0.4, -0.2) is 28.6 Å². The van der Waals surface area contributed by atoms with Crippen LogP contribution in [-0.2, 0) is 11.3 Å². The van der Waals surface area contributed by atoms with Crippen LogP contribution in [0.4, 0.5) is 4.79 Å². The molecule has 1 heterocycles. The van der Waals surface area contributed by atoms with Crippen molar-refractivity contribution in [3.63, 3.8) is 0 Å². The van der Waals surface area contributed by atoms with Gasteiger partial charge in [-0.3, -0.25) is 14.5 Å². The lowest BCUT2D eigenvalue weighted by Crippen LogP contribution is -2.27. The molecule has 0 unspecified atom stereocenters. The van der Waals surface area contributed by atoms with Crippen LogP contribution in [0, 0.1) is 0 Å². The smallest absolute Gasteiger partial charge is 0.343 e. The molecule has 0 N–H and O–H groups in total. The van der Waals surface area contributed by atoms with E-state index in [2.05, 4.69) is 15.9 Å². The monoisotopic (exact) mass is 639 g/mol. The minimum absolute atomic E-state index is 0.0476. The second-order valence-electron chi connectivity index (χ2n) is 7.63. The average molecular weight is 642 g/mol. The molecule has 6 nitrogen and oxygen atoms in total. The molecule has 0 radical (unpaired) electrons. The highest BCUT2D eigenvalue weighted by atomic mass is 79.9. The molecular formula is C26H17BrCl3NO5S. The highest BCUT2D eigenvalue weighted by Crippen LogP contribution is 2.40. The van der Waals surface area contributed by atoms with Gasteiger partial charge in [0.2, 0.25) is 0 Å². The fourth-order valence-corrected chi connectivity index (χ4v) is 5.42. The summed E-state index contributed by atoms with van der Waals surface area (Å²) >= 11 is 22.6. The molecule has 3 aromatic rings. The van der Waals surface area contributed by atoms with Crippen LogP contribution in [0.15, 0.2) is 64.0 Å². The zero-order valence-electron chi connectivity index (χ0n) is 19.1. The maximum atomic E-state index is 13.0. The number of thioether (sulfide) groups is 1. The molecule has 190 valence electrons. The number of carbonyl (C=O) groups excluding carboxylic acids is 3. The average Bonchev–Trinajstić information content (AvgIpc) is 3.11. The molecule has 3 aromatic carbocycles. The van der Waals surface area contributed by atoms with Gasteiger partial charge >= 0.3 is 5.97 Å². The van der Waals surface area contributed by atoms with E-state index < -0.39 is 17.1 Å². The normalized spacial score (nSPS) is 14.4. The highest BCUT2D eigenvalue weighted by molar-refractivity contribution is 9.10. The van der Waals surface area contributed by atoms with E-state index >= 15 is 0 Å². The van der Waals surface area contributed by atoms with E-state index in [4.69, 9.17) is 44.3 Å². The molecule has 0 aromatic heterocycles. The number of rotatable bonds is 7. The number of halogens is 4. The fraction of sp³-hybridized carbons (Fsp3) is 0.115. The van der Waals surface area contributed by atoms with Crippen LogP contribution in [0.3, 0.4) is 0 Å². The van der Waals surface area contributed by atoms with Crippen LogP contribution in [0.5, 0.6) is 11.5 Å².